The molecule has 2 N–H and O–H groups in total. The van der Waals surface area contributed by atoms with Gasteiger partial charge in [0.05, 0.1) is 7.11 Å². The zero-order valence-corrected chi connectivity index (χ0v) is 11.0. The summed E-state index contributed by atoms with van der Waals surface area (Å²) in [6, 6.07) is 4.99. The summed E-state index contributed by atoms with van der Waals surface area (Å²) < 4.78 is 5.49. The van der Waals surface area contributed by atoms with Gasteiger partial charge in [-0.15, -0.1) is 0 Å². The van der Waals surface area contributed by atoms with E-state index >= 15 is 0 Å². The molecule has 0 aliphatic carbocycles. The first-order valence-electron chi connectivity index (χ1n) is 6.37. The molecule has 1 atom stereocenters. The first-order valence-corrected chi connectivity index (χ1v) is 6.37. The van der Waals surface area contributed by atoms with Gasteiger partial charge in [-0.2, -0.15) is 0 Å². The maximum atomic E-state index is 5.49. The van der Waals surface area contributed by atoms with E-state index in [1.54, 1.807) is 7.11 Å². The Kier molecular flexibility index (Phi) is 4.02. The van der Waals surface area contributed by atoms with Crippen LogP contribution in [0.1, 0.15) is 36.1 Å². The Bertz CT molecular complexity index is 390. The third-order valence-corrected chi connectivity index (χ3v) is 3.48. The van der Waals surface area contributed by atoms with Crippen molar-refractivity contribution in [1.82, 2.24) is 10.6 Å². The quantitative estimate of drug-likeness (QED) is 0.836. The largest absolute Gasteiger partial charge is 0.496 e. The Morgan fingerprint density at radius 3 is 2.94 bits per heavy atom. The number of hydrogen-bond donors (Lipinski definition) is 2. The first kappa shape index (κ1) is 12.4. The van der Waals surface area contributed by atoms with Crippen LogP contribution in [0.25, 0.3) is 0 Å². The van der Waals surface area contributed by atoms with Crippen LogP contribution in [0.15, 0.2) is 12.1 Å². The van der Waals surface area contributed by atoms with Crippen LogP contribution in [0.2, 0.25) is 0 Å². The van der Waals surface area contributed by atoms with Gasteiger partial charge >= 0.3 is 0 Å². The lowest BCUT2D eigenvalue weighted by molar-refractivity contribution is 0.404. The molecule has 0 saturated carbocycles. The molecule has 1 aliphatic heterocycles. The lowest BCUT2D eigenvalue weighted by Crippen LogP contribution is -2.29. The van der Waals surface area contributed by atoms with Gasteiger partial charge in [-0.25, -0.2) is 0 Å². The van der Waals surface area contributed by atoms with Gasteiger partial charge < -0.3 is 15.4 Å². The first-order chi connectivity index (χ1) is 8.30. The van der Waals surface area contributed by atoms with Crippen molar-refractivity contribution in [3.05, 3.63) is 28.8 Å². The molecular weight excluding hydrogens is 212 g/mol. The third-order valence-electron chi connectivity index (χ3n) is 3.48. The number of nitrogens with one attached hydrogen (secondary N) is 2. The van der Waals surface area contributed by atoms with E-state index in [4.69, 9.17) is 4.74 Å². The average Bonchev–Trinajstić information content (AvgIpc) is 2.37. The van der Waals surface area contributed by atoms with E-state index in [1.807, 2.05) is 7.05 Å². The van der Waals surface area contributed by atoms with Gasteiger partial charge in [-0.3, -0.25) is 0 Å². The van der Waals surface area contributed by atoms with Crippen molar-refractivity contribution < 1.29 is 4.74 Å². The monoisotopic (exact) mass is 234 g/mol. The normalized spacial score (nSPS) is 18.9. The second-order valence-corrected chi connectivity index (χ2v) is 4.56. The van der Waals surface area contributed by atoms with E-state index < -0.39 is 0 Å². The molecule has 1 unspecified atom stereocenters. The van der Waals surface area contributed by atoms with Gasteiger partial charge in [0.1, 0.15) is 5.75 Å². The fraction of sp³-hybridized carbons (Fsp3) is 0.571. The van der Waals surface area contributed by atoms with Crippen LogP contribution in [-0.4, -0.2) is 20.7 Å². The molecule has 1 aromatic rings. The number of fused-ring (bicyclic) bond motifs is 1. The topological polar surface area (TPSA) is 33.3 Å². The standard InChI is InChI=1S/C14H22N2O/c1-4-13-12-8-14(17-3)11(9-15-2)7-10(12)5-6-16-13/h7-8,13,15-16H,4-6,9H2,1-3H3. The Labute approximate surface area is 104 Å². The second-order valence-electron chi connectivity index (χ2n) is 4.56. The molecule has 1 heterocycles. The van der Waals surface area contributed by atoms with E-state index in [0.29, 0.717) is 6.04 Å². The van der Waals surface area contributed by atoms with Crippen molar-refractivity contribution in [3.63, 3.8) is 0 Å². The van der Waals surface area contributed by atoms with Crippen molar-refractivity contribution in [2.75, 3.05) is 20.7 Å². The molecule has 0 saturated heterocycles. The summed E-state index contributed by atoms with van der Waals surface area (Å²) in [7, 11) is 3.72. The van der Waals surface area contributed by atoms with Crippen LogP contribution in [-0.2, 0) is 13.0 Å². The van der Waals surface area contributed by atoms with Crippen LogP contribution in [0.5, 0.6) is 5.75 Å². The third kappa shape index (κ3) is 2.45. The summed E-state index contributed by atoms with van der Waals surface area (Å²) in [6.07, 6.45) is 2.24. The molecule has 0 spiro atoms. The SMILES string of the molecule is CCC1NCCc2cc(CNC)c(OC)cc21. The molecule has 0 aromatic heterocycles. The summed E-state index contributed by atoms with van der Waals surface area (Å²) >= 11 is 0. The highest BCUT2D eigenvalue weighted by Crippen LogP contribution is 2.31. The van der Waals surface area contributed by atoms with Crippen LogP contribution >= 0.6 is 0 Å². The highest BCUT2D eigenvalue weighted by molar-refractivity contribution is 5.45. The molecule has 1 aromatic carbocycles. The van der Waals surface area contributed by atoms with Crippen molar-refractivity contribution in [1.29, 1.82) is 0 Å². The summed E-state index contributed by atoms with van der Waals surface area (Å²) in [5, 5.41) is 6.75. The van der Waals surface area contributed by atoms with E-state index in [1.165, 1.54) is 16.7 Å². The molecule has 3 heteroatoms. The molecule has 0 fully saturated rings. The molecule has 3 nitrogen and oxygen atoms in total. The van der Waals surface area contributed by atoms with Crippen LogP contribution in [0.4, 0.5) is 0 Å². The lowest BCUT2D eigenvalue weighted by Gasteiger charge is -2.27. The number of methoxy groups -OCH3 is 1. The molecule has 94 valence electrons. The van der Waals surface area contributed by atoms with Gasteiger partial charge in [-0.05, 0) is 43.6 Å². The number of benzene rings is 1. The number of ether oxygens (including phenoxy) is 1. The predicted octanol–water partition coefficient (Wildman–Crippen LogP) is 2.01. The molecule has 0 amide bonds. The molecule has 2 rings (SSSR count). The fourth-order valence-corrected chi connectivity index (χ4v) is 2.61. The number of rotatable bonds is 4. The summed E-state index contributed by atoms with van der Waals surface area (Å²) in [6.45, 7) is 4.16. The minimum Gasteiger partial charge on any atom is -0.496 e. The van der Waals surface area contributed by atoms with E-state index in [9.17, 15) is 0 Å². The summed E-state index contributed by atoms with van der Waals surface area (Å²) in [4.78, 5) is 0. The molecule has 17 heavy (non-hydrogen) atoms. The van der Waals surface area contributed by atoms with Crippen molar-refractivity contribution in [2.24, 2.45) is 0 Å². The van der Waals surface area contributed by atoms with E-state index in [0.717, 1.165) is 31.7 Å². The fourth-order valence-electron chi connectivity index (χ4n) is 2.61. The van der Waals surface area contributed by atoms with E-state index in [2.05, 4.69) is 29.7 Å². The van der Waals surface area contributed by atoms with Crippen molar-refractivity contribution in [2.45, 2.75) is 32.4 Å². The Morgan fingerprint density at radius 2 is 2.29 bits per heavy atom. The maximum Gasteiger partial charge on any atom is 0.123 e. The maximum absolute atomic E-state index is 5.49. The van der Waals surface area contributed by atoms with Crippen molar-refractivity contribution in [3.8, 4) is 5.75 Å². The van der Waals surface area contributed by atoms with E-state index in [-0.39, 0.29) is 0 Å². The Hall–Kier alpha value is -1.06. The Morgan fingerprint density at radius 1 is 1.47 bits per heavy atom. The van der Waals surface area contributed by atoms with Gasteiger partial charge in [-0.1, -0.05) is 13.0 Å². The molecule has 0 bridgehead atoms. The van der Waals surface area contributed by atoms with Gasteiger partial charge in [0, 0.05) is 18.2 Å². The smallest absolute Gasteiger partial charge is 0.123 e. The minimum absolute atomic E-state index is 0.483. The number of hydrogen-bond acceptors (Lipinski definition) is 3. The van der Waals surface area contributed by atoms with Crippen LogP contribution in [0, 0.1) is 0 Å². The lowest BCUT2D eigenvalue weighted by atomic mass is 9.90. The van der Waals surface area contributed by atoms with Gasteiger partial charge in [0.2, 0.25) is 0 Å². The predicted molar refractivity (Wildman–Crippen MR) is 70.5 cm³/mol. The zero-order chi connectivity index (χ0) is 12.3. The second kappa shape index (κ2) is 5.52. The molecule has 0 radical (unpaired) electrons. The summed E-state index contributed by atoms with van der Waals surface area (Å²) in [5.41, 5.74) is 4.14. The molecular formula is C14H22N2O. The average molecular weight is 234 g/mol. The highest BCUT2D eigenvalue weighted by atomic mass is 16.5. The zero-order valence-electron chi connectivity index (χ0n) is 11.0. The van der Waals surface area contributed by atoms with Gasteiger partial charge in [0.15, 0.2) is 0 Å². The summed E-state index contributed by atoms with van der Waals surface area (Å²) in [5.74, 6) is 1.00. The van der Waals surface area contributed by atoms with Gasteiger partial charge in [0.25, 0.3) is 0 Å². The minimum atomic E-state index is 0.483. The van der Waals surface area contributed by atoms with Crippen molar-refractivity contribution >= 4 is 0 Å². The van der Waals surface area contributed by atoms with Crippen LogP contribution in [0.3, 0.4) is 0 Å². The van der Waals surface area contributed by atoms with Crippen LogP contribution < -0.4 is 15.4 Å². The highest BCUT2D eigenvalue weighted by Gasteiger charge is 2.20. The molecule has 1 aliphatic rings. The Balaban J connectivity index is 2.41.